The molecule has 1 aromatic carbocycles. The van der Waals surface area contributed by atoms with Crippen LogP contribution in [0.1, 0.15) is 12.5 Å². The number of urea groups is 1. The second-order valence-corrected chi connectivity index (χ2v) is 9.11. The fourth-order valence-electron chi connectivity index (χ4n) is 3.70. The first-order valence-electron chi connectivity index (χ1n) is 11.0. The smallest absolute Gasteiger partial charge is 0.321 e. The summed E-state index contributed by atoms with van der Waals surface area (Å²) in [4.78, 5) is 39.8. The molecule has 174 valence electrons. The molecule has 0 saturated carbocycles. The Bertz CT molecular complexity index is 1120. The van der Waals surface area contributed by atoms with E-state index in [9.17, 15) is 9.59 Å². The van der Waals surface area contributed by atoms with Gasteiger partial charge in [-0.15, -0.1) is 0 Å². The van der Waals surface area contributed by atoms with E-state index in [2.05, 4.69) is 51.7 Å². The van der Waals surface area contributed by atoms with E-state index in [-0.39, 0.29) is 11.9 Å². The second kappa shape index (κ2) is 10.1. The first-order chi connectivity index (χ1) is 15.9. The highest BCUT2D eigenvalue weighted by Crippen LogP contribution is 2.29. The summed E-state index contributed by atoms with van der Waals surface area (Å²) in [5.74, 6) is 0.933. The van der Waals surface area contributed by atoms with Crippen LogP contribution >= 0.6 is 11.3 Å². The van der Waals surface area contributed by atoms with E-state index in [1.807, 2.05) is 29.0 Å². The fourth-order valence-corrected chi connectivity index (χ4v) is 4.53. The molecule has 1 aliphatic rings. The Morgan fingerprint density at radius 3 is 2.48 bits per heavy atom. The maximum Gasteiger partial charge on any atom is 0.321 e. The molecule has 3 amide bonds. The van der Waals surface area contributed by atoms with Crippen molar-refractivity contribution in [2.45, 2.75) is 13.8 Å². The number of nitrogens with zero attached hydrogens (tertiary/aromatic N) is 5. The number of pyridine rings is 1. The number of thiazole rings is 1. The van der Waals surface area contributed by atoms with Crippen LogP contribution in [0.3, 0.4) is 0 Å². The van der Waals surface area contributed by atoms with Crippen LogP contribution in [0.25, 0.3) is 10.3 Å². The lowest BCUT2D eigenvalue weighted by atomic mass is 10.2. The Kier molecular flexibility index (Phi) is 7.05. The molecule has 1 aliphatic heterocycles. The molecular weight excluding hydrogens is 438 g/mol. The van der Waals surface area contributed by atoms with Crippen LogP contribution in [0.15, 0.2) is 36.4 Å². The van der Waals surface area contributed by atoms with Crippen molar-refractivity contribution in [2.75, 3.05) is 56.5 Å². The number of piperazine rings is 1. The third-order valence-corrected chi connectivity index (χ3v) is 6.64. The van der Waals surface area contributed by atoms with Gasteiger partial charge in [0.2, 0.25) is 5.91 Å². The monoisotopic (exact) mass is 467 g/mol. The average Bonchev–Trinajstić information content (AvgIpc) is 3.20. The van der Waals surface area contributed by atoms with E-state index < -0.39 is 0 Å². The summed E-state index contributed by atoms with van der Waals surface area (Å²) in [5, 5.41) is 6.20. The van der Waals surface area contributed by atoms with Gasteiger partial charge in [-0.2, -0.15) is 0 Å². The van der Waals surface area contributed by atoms with E-state index in [0.717, 1.165) is 54.6 Å². The summed E-state index contributed by atoms with van der Waals surface area (Å²) in [6.45, 7) is 8.06. The summed E-state index contributed by atoms with van der Waals surface area (Å²) in [7, 11) is 1.98. The number of aromatic nitrogens is 2. The molecule has 0 aliphatic carbocycles. The van der Waals surface area contributed by atoms with Gasteiger partial charge >= 0.3 is 6.03 Å². The van der Waals surface area contributed by atoms with E-state index in [0.29, 0.717) is 11.7 Å². The minimum absolute atomic E-state index is 0.117. The maximum absolute atomic E-state index is 12.3. The highest BCUT2D eigenvalue weighted by Gasteiger charge is 2.18. The maximum atomic E-state index is 12.3. The number of rotatable bonds is 6. The van der Waals surface area contributed by atoms with Crippen molar-refractivity contribution in [2.24, 2.45) is 0 Å². The number of fused-ring (bicyclic) bond motifs is 1. The van der Waals surface area contributed by atoms with Crippen LogP contribution in [-0.4, -0.2) is 78.0 Å². The zero-order valence-corrected chi connectivity index (χ0v) is 20.0. The first kappa shape index (κ1) is 22.9. The van der Waals surface area contributed by atoms with Crippen molar-refractivity contribution in [1.29, 1.82) is 0 Å². The molecule has 0 spiro atoms. The van der Waals surface area contributed by atoms with Gasteiger partial charge in [0.05, 0.1) is 0 Å². The SMILES string of the molecule is CC(=O)N1CCN(CCNC(=O)Nc2nc3ccc(N(C)c4ccc(C)cc4)nc3s2)CC1. The largest absolute Gasteiger partial charge is 0.340 e. The van der Waals surface area contributed by atoms with Crippen molar-refractivity contribution >= 4 is 50.3 Å². The van der Waals surface area contributed by atoms with E-state index in [1.165, 1.54) is 16.9 Å². The van der Waals surface area contributed by atoms with Gasteiger partial charge in [-0.1, -0.05) is 29.0 Å². The highest BCUT2D eigenvalue weighted by atomic mass is 32.1. The van der Waals surface area contributed by atoms with Crippen molar-refractivity contribution in [3.8, 4) is 0 Å². The van der Waals surface area contributed by atoms with Gasteiger partial charge in [-0.05, 0) is 31.2 Å². The van der Waals surface area contributed by atoms with Gasteiger partial charge in [0.15, 0.2) is 5.13 Å². The van der Waals surface area contributed by atoms with Crippen LogP contribution in [0, 0.1) is 6.92 Å². The average molecular weight is 468 g/mol. The third-order valence-electron chi connectivity index (χ3n) is 5.76. The van der Waals surface area contributed by atoms with Crippen molar-refractivity contribution in [1.82, 2.24) is 25.1 Å². The zero-order chi connectivity index (χ0) is 23.4. The van der Waals surface area contributed by atoms with Crippen LogP contribution in [0.5, 0.6) is 0 Å². The Hall–Kier alpha value is -3.24. The lowest BCUT2D eigenvalue weighted by molar-refractivity contribution is -0.130. The molecule has 2 aromatic heterocycles. The summed E-state index contributed by atoms with van der Waals surface area (Å²) in [6, 6.07) is 11.8. The molecule has 10 heteroatoms. The van der Waals surface area contributed by atoms with Gasteiger partial charge in [0.1, 0.15) is 16.2 Å². The Labute approximate surface area is 197 Å². The quantitative estimate of drug-likeness (QED) is 0.579. The molecule has 1 fully saturated rings. The Morgan fingerprint density at radius 2 is 1.79 bits per heavy atom. The molecule has 2 N–H and O–H groups in total. The minimum atomic E-state index is -0.284. The second-order valence-electron chi connectivity index (χ2n) is 8.14. The van der Waals surface area contributed by atoms with E-state index >= 15 is 0 Å². The number of carbonyl (C=O) groups is 2. The molecule has 0 unspecified atom stereocenters. The number of anilines is 3. The number of carbonyl (C=O) groups excluding carboxylic acids is 2. The van der Waals surface area contributed by atoms with Gasteiger partial charge in [-0.25, -0.2) is 14.8 Å². The summed E-state index contributed by atoms with van der Waals surface area (Å²) in [5.41, 5.74) is 3.01. The highest BCUT2D eigenvalue weighted by molar-refractivity contribution is 7.22. The molecule has 9 nitrogen and oxygen atoms in total. The first-order valence-corrected chi connectivity index (χ1v) is 11.8. The predicted molar refractivity (Wildman–Crippen MR) is 132 cm³/mol. The van der Waals surface area contributed by atoms with Crippen LogP contribution < -0.4 is 15.5 Å². The molecule has 33 heavy (non-hydrogen) atoms. The van der Waals surface area contributed by atoms with Crippen LogP contribution in [-0.2, 0) is 4.79 Å². The van der Waals surface area contributed by atoms with E-state index in [1.54, 1.807) is 6.92 Å². The molecule has 0 radical (unpaired) electrons. The summed E-state index contributed by atoms with van der Waals surface area (Å²) in [6.07, 6.45) is 0. The lowest BCUT2D eigenvalue weighted by Gasteiger charge is -2.34. The lowest BCUT2D eigenvalue weighted by Crippen LogP contribution is -2.49. The van der Waals surface area contributed by atoms with Crippen LogP contribution in [0.4, 0.5) is 21.4 Å². The van der Waals surface area contributed by atoms with Crippen molar-refractivity contribution < 1.29 is 9.59 Å². The molecule has 3 aromatic rings. The summed E-state index contributed by atoms with van der Waals surface area (Å²) >= 11 is 1.35. The molecule has 4 rings (SSSR count). The normalized spacial score (nSPS) is 14.3. The van der Waals surface area contributed by atoms with Gasteiger partial charge in [-0.3, -0.25) is 15.0 Å². The Balaban J connectivity index is 1.29. The summed E-state index contributed by atoms with van der Waals surface area (Å²) < 4.78 is 0. The minimum Gasteiger partial charge on any atom is -0.340 e. The molecule has 0 atom stereocenters. The molecular formula is C23H29N7O2S. The van der Waals surface area contributed by atoms with Gasteiger partial charge in [0.25, 0.3) is 0 Å². The topological polar surface area (TPSA) is 93.7 Å². The van der Waals surface area contributed by atoms with Crippen molar-refractivity contribution in [3.63, 3.8) is 0 Å². The number of amides is 3. The van der Waals surface area contributed by atoms with Gasteiger partial charge < -0.3 is 15.1 Å². The number of hydrogen-bond donors (Lipinski definition) is 2. The zero-order valence-electron chi connectivity index (χ0n) is 19.2. The molecule has 1 saturated heterocycles. The number of aryl methyl sites for hydroxylation is 1. The fraction of sp³-hybridized carbons (Fsp3) is 0.391. The van der Waals surface area contributed by atoms with Gasteiger partial charge in [0, 0.05) is 58.9 Å². The standard InChI is InChI=1S/C23H29N7O2S/c1-16-4-6-18(7-5-16)28(3)20-9-8-19-21(26-20)33-23(25-19)27-22(32)24-10-11-29-12-14-30(15-13-29)17(2)31/h4-9H,10-15H2,1-3H3,(H2,24,25,27,32). The molecule has 0 bridgehead atoms. The number of hydrogen-bond acceptors (Lipinski definition) is 7. The predicted octanol–water partition coefficient (Wildman–Crippen LogP) is 3.05. The Morgan fingerprint density at radius 1 is 1.06 bits per heavy atom. The molecule has 3 heterocycles. The van der Waals surface area contributed by atoms with Crippen molar-refractivity contribution in [3.05, 3.63) is 42.0 Å². The number of benzene rings is 1. The third kappa shape index (κ3) is 5.77. The van der Waals surface area contributed by atoms with E-state index in [4.69, 9.17) is 4.98 Å². The van der Waals surface area contributed by atoms with Crippen LogP contribution in [0.2, 0.25) is 0 Å². The number of nitrogens with one attached hydrogen (secondary N) is 2.